The predicted molar refractivity (Wildman–Crippen MR) is 136 cm³/mol. The van der Waals surface area contributed by atoms with E-state index in [4.69, 9.17) is 0 Å². The summed E-state index contributed by atoms with van der Waals surface area (Å²) in [6, 6.07) is 21.1. The number of aromatic amines is 1. The summed E-state index contributed by atoms with van der Waals surface area (Å²) < 4.78 is 28.2. The number of nitrogens with zero attached hydrogens (tertiary/aromatic N) is 1. The molecule has 4 aromatic rings. The van der Waals surface area contributed by atoms with Gasteiger partial charge in [-0.15, -0.1) is 0 Å². The zero-order chi connectivity index (χ0) is 25.0. The Balaban J connectivity index is 1.55. The van der Waals surface area contributed by atoms with Crippen molar-refractivity contribution in [1.82, 2.24) is 9.97 Å². The quantitative estimate of drug-likeness (QED) is 0.357. The van der Waals surface area contributed by atoms with Crippen LogP contribution in [0.2, 0.25) is 0 Å². The average molecular weight is 489 g/mol. The van der Waals surface area contributed by atoms with Gasteiger partial charge in [0.1, 0.15) is 5.82 Å². The van der Waals surface area contributed by atoms with E-state index in [1.165, 1.54) is 30.3 Å². The number of hydrogen-bond acceptors (Lipinski definition) is 5. The molecule has 0 atom stereocenters. The van der Waals surface area contributed by atoms with E-state index in [1.807, 2.05) is 13.8 Å². The number of anilines is 2. The van der Waals surface area contributed by atoms with E-state index in [0.29, 0.717) is 34.9 Å². The third-order valence-electron chi connectivity index (χ3n) is 5.26. The molecule has 0 saturated carbocycles. The Kier molecular flexibility index (Phi) is 6.79. The number of benzene rings is 3. The number of carbonyl (C=O) groups is 1. The van der Waals surface area contributed by atoms with Crippen LogP contribution in [0, 0.1) is 6.92 Å². The molecule has 1 amide bonds. The first-order chi connectivity index (χ1) is 16.7. The molecule has 0 radical (unpaired) electrons. The Bertz CT molecular complexity index is 1540. The highest BCUT2D eigenvalue weighted by Gasteiger charge is 2.17. The Labute approximate surface area is 203 Å². The van der Waals surface area contributed by atoms with Crippen LogP contribution in [0.3, 0.4) is 0 Å². The summed E-state index contributed by atoms with van der Waals surface area (Å²) in [6.45, 7) is 3.82. The van der Waals surface area contributed by atoms with E-state index in [-0.39, 0.29) is 16.0 Å². The summed E-state index contributed by atoms with van der Waals surface area (Å²) >= 11 is 0. The van der Waals surface area contributed by atoms with Gasteiger partial charge in [-0.3, -0.25) is 14.3 Å². The fourth-order valence-corrected chi connectivity index (χ4v) is 4.52. The maximum atomic E-state index is 12.9. The Morgan fingerprint density at radius 3 is 2.43 bits per heavy atom. The number of amides is 1. The summed E-state index contributed by atoms with van der Waals surface area (Å²) in [5.74, 6) is -0.0704. The van der Waals surface area contributed by atoms with Crippen LogP contribution < -0.4 is 15.6 Å². The van der Waals surface area contributed by atoms with Gasteiger partial charge in [0.05, 0.1) is 4.90 Å². The normalized spacial score (nSPS) is 11.1. The van der Waals surface area contributed by atoms with Crippen molar-refractivity contribution in [2.75, 3.05) is 10.0 Å². The summed E-state index contributed by atoms with van der Waals surface area (Å²) in [4.78, 5) is 31.9. The van der Waals surface area contributed by atoms with Gasteiger partial charge < -0.3 is 10.3 Å². The number of hydrogen-bond donors (Lipinski definition) is 3. The lowest BCUT2D eigenvalue weighted by molar-refractivity contribution is 0.102. The lowest BCUT2D eigenvalue weighted by atomic mass is 10.1. The molecular formula is C26H24N4O4S. The molecular weight excluding hydrogens is 464 g/mol. The SMILES string of the molecule is CCc1cc(=O)[nH]c(-c2cccc(NC(=O)c3cccc(S(=O)(=O)Nc4ccc(C)cc4)c3)c2)n1. The molecule has 3 aromatic carbocycles. The minimum atomic E-state index is -3.88. The maximum Gasteiger partial charge on any atom is 0.261 e. The molecule has 0 saturated heterocycles. The van der Waals surface area contributed by atoms with Crippen molar-refractivity contribution in [2.45, 2.75) is 25.2 Å². The molecule has 0 fully saturated rings. The third-order valence-corrected chi connectivity index (χ3v) is 6.64. The molecule has 0 spiro atoms. The molecule has 0 aliphatic rings. The first kappa shape index (κ1) is 23.9. The topological polar surface area (TPSA) is 121 Å². The van der Waals surface area contributed by atoms with Crippen molar-refractivity contribution in [3.05, 3.63) is 106 Å². The van der Waals surface area contributed by atoms with Gasteiger partial charge in [0.2, 0.25) is 0 Å². The summed E-state index contributed by atoms with van der Waals surface area (Å²) in [5, 5.41) is 2.77. The van der Waals surface area contributed by atoms with E-state index < -0.39 is 15.9 Å². The molecule has 1 aromatic heterocycles. The second-order valence-corrected chi connectivity index (χ2v) is 9.66. The molecule has 9 heteroatoms. The molecule has 0 aliphatic carbocycles. The second-order valence-electron chi connectivity index (χ2n) is 7.97. The van der Waals surface area contributed by atoms with Crippen LogP contribution in [0.15, 0.2) is 88.6 Å². The number of nitrogens with one attached hydrogen (secondary N) is 3. The van der Waals surface area contributed by atoms with Gasteiger partial charge in [-0.1, -0.05) is 42.8 Å². The van der Waals surface area contributed by atoms with Gasteiger partial charge >= 0.3 is 0 Å². The number of carbonyl (C=O) groups excluding carboxylic acids is 1. The number of H-pyrrole nitrogens is 1. The van der Waals surface area contributed by atoms with E-state index in [9.17, 15) is 18.0 Å². The fraction of sp³-hybridized carbons (Fsp3) is 0.115. The van der Waals surface area contributed by atoms with E-state index in [0.717, 1.165) is 5.56 Å². The molecule has 8 nitrogen and oxygen atoms in total. The van der Waals surface area contributed by atoms with E-state index in [2.05, 4.69) is 20.0 Å². The summed E-state index contributed by atoms with van der Waals surface area (Å²) in [7, 11) is -3.88. The van der Waals surface area contributed by atoms with Crippen LogP contribution in [0.4, 0.5) is 11.4 Å². The van der Waals surface area contributed by atoms with Crippen LogP contribution in [-0.4, -0.2) is 24.3 Å². The van der Waals surface area contributed by atoms with Gasteiger partial charge in [-0.25, -0.2) is 13.4 Å². The molecule has 1 heterocycles. The van der Waals surface area contributed by atoms with E-state index in [1.54, 1.807) is 48.5 Å². The highest BCUT2D eigenvalue weighted by atomic mass is 32.2. The van der Waals surface area contributed by atoms with Crippen molar-refractivity contribution in [1.29, 1.82) is 0 Å². The minimum Gasteiger partial charge on any atom is -0.322 e. The minimum absolute atomic E-state index is 0.0300. The number of sulfonamides is 1. The third kappa shape index (κ3) is 5.82. The molecule has 0 aliphatic heterocycles. The first-order valence-corrected chi connectivity index (χ1v) is 12.4. The van der Waals surface area contributed by atoms with Crippen LogP contribution in [0.5, 0.6) is 0 Å². The molecule has 0 unspecified atom stereocenters. The lowest BCUT2D eigenvalue weighted by Crippen LogP contribution is -2.16. The zero-order valence-electron chi connectivity index (χ0n) is 19.2. The molecule has 4 rings (SSSR count). The largest absolute Gasteiger partial charge is 0.322 e. The van der Waals surface area contributed by atoms with Crippen molar-refractivity contribution >= 4 is 27.3 Å². The highest BCUT2D eigenvalue weighted by Crippen LogP contribution is 2.21. The maximum absolute atomic E-state index is 12.9. The van der Waals surface area contributed by atoms with Gasteiger partial charge in [0.25, 0.3) is 21.5 Å². The number of aromatic nitrogens is 2. The molecule has 35 heavy (non-hydrogen) atoms. The second kappa shape index (κ2) is 9.94. The zero-order valence-corrected chi connectivity index (χ0v) is 20.0. The van der Waals surface area contributed by atoms with Crippen LogP contribution in [0.1, 0.15) is 28.5 Å². The van der Waals surface area contributed by atoms with E-state index >= 15 is 0 Å². The summed E-state index contributed by atoms with van der Waals surface area (Å²) in [6.07, 6.45) is 0.616. The first-order valence-electron chi connectivity index (χ1n) is 10.9. The van der Waals surface area contributed by atoms with Crippen LogP contribution in [0.25, 0.3) is 11.4 Å². The Morgan fingerprint density at radius 1 is 0.943 bits per heavy atom. The fourth-order valence-electron chi connectivity index (χ4n) is 3.41. The van der Waals surface area contributed by atoms with Crippen molar-refractivity contribution in [2.24, 2.45) is 0 Å². The van der Waals surface area contributed by atoms with Crippen LogP contribution >= 0.6 is 0 Å². The average Bonchev–Trinajstić information content (AvgIpc) is 2.85. The molecule has 3 N–H and O–H groups in total. The van der Waals surface area contributed by atoms with Crippen molar-refractivity contribution < 1.29 is 13.2 Å². The predicted octanol–water partition coefficient (Wildman–Crippen LogP) is 4.36. The van der Waals surface area contributed by atoms with Gasteiger partial charge in [0, 0.05) is 34.3 Å². The lowest BCUT2D eigenvalue weighted by Gasteiger charge is -2.11. The smallest absolute Gasteiger partial charge is 0.261 e. The Morgan fingerprint density at radius 2 is 1.69 bits per heavy atom. The van der Waals surface area contributed by atoms with Crippen molar-refractivity contribution in [3.63, 3.8) is 0 Å². The van der Waals surface area contributed by atoms with Gasteiger partial charge in [-0.05, 0) is 55.8 Å². The van der Waals surface area contributed by atoms with Gasteiger partial charge in [0.15, 0.2) is 0 Å². The Hall–Kier alpha value is -4.24. The number of aryl methyl sites for hydroxylation is 2. The van der Waals surface area contributed by atoms with Crippen LogP contribution in [-0.2, 0) is 16.4 Å². The number of rotatable bonds is 7. The molecule has 178 valence electrons. The standard InChI is InChI=1S/C26H24N4O4S/c1-3-20-16-24(31)29-25(27-20)18-6-4-8-22(14-18)28-26(32)19-7-5-9-23(15-19)35(33,34)30-21-12-10-17(2)11-13-21/h4-16,30H,3H2,1-2H3,(H,28,32)(H,27,29,31). The monoisotopic (exact) mass is 488 g/mol. The molecule has 0 bridgehead atoms. The summed E-state index contributed by atoms with van der Waals surface area (Å²) in [5.41, 5.74) is 3.14. The highest BCUT2D eigenvalue weighted by molar-refractivity contribution is 7.92. The van der Waals surface area contributed by atoms with Gasteiger partial charge in [-0.2, -0.15) is 0 Å². The van der Waals surface area contributed by atoms with Crippen molar-refractivity contribution in [3.8, 4) is 11.4 Å².